The molecule has 3 aliphatic rings. The molecule has 1 amide bonds. The molecule has 1 spiro atoms. The highest BCUT2D eigenvalue weighted by Crippen LogP contribution is 2.43. The third kappa shape index (κ3) is 3.53. The predicted octanol–water partition coefficient (Wildman–Crippen LogP) is 1.68. The zero-order chi connectivity index (χ0) is 17.4. The van der Waals surface area contributed by atoms with Gasteiger partial charge in [-0.15, -0.1) is 0 Å². The Labute approximate surface area is 149 Å². The van der Waals surface area contributed by atoms with Gasteiger partial charge in [0.25, 0.3) is 5.91 Å². The second-order valence-corrected chi connectivity index (χ2v) is 8.18. The maximum Gasteiger partial charge on any atom is 0.260 e. The van der Waals surface area contributed by atoms with Crippen LogP contribution in [0.5, 0.6) is 5.75 Å². The quantitative estimate of drug-likeness (QED) is 0.853. The number of nitrogens with zero attached hydrogens (tertiary/aromatic N) is 2. The normalized spacial score (nSPS) is 25.2. The van der Waals surface area contributed by atoms with Gasteiger partial charge in [0.1, 0.15) is 5.75 Å². The number of aryl methyl sites for hydroxylation is 1. The molecule has 0 radical (unpaired) electrons. The maximum atomic E-state index is 12.4. The Bertz CT molecular complexity index is 620. The van der Waals surface area contributed by atoms with Crippen molar-refractivity contribution in [3.05, 3.63) is 29.8 Å². The molecule has 0 bridgehead atoms. The molecule has 1 saturated carbocycles. The van der Waals surface area contributed by atoms with Crippen LogP contribution in [0.4, 0.5) is 0 Å². The SMILES string of the molecule is Cc1ccc(OCC(=O)N2CC3(C[C@H](CO)CN3CC3CC3)C2)cc1. The zero-order valence-electron chi connectivity index (χ0n) is 15.0. The molecule has 5 nitrogen and oxygen atoms in total. The average molecular weight is 344 g/mol. The van der Waals surface area contributed by atoms with E-state index in [1.807, 2.05) is 36.1 Å². The molecule has 1 atom stereocenters. The van der Waals surface area contributed by atoms with Crippen molar-refractivity contribution in [3.63, 3.8) is 0 Å². The number of ether oxygens (including phenoxy) is 1. The van der Waals surface area contributed by atoms with Crippen molar-refractivity contribution in [1.29, 1.82) is 0 Å². The highest BCUT2D eigenvalue weighted by atomic mass is 16.5. The van der Waals surface area contributed by atoms with E-state index in [2.05, 4.69) is 4.90 Å². The smallest absolute Gasteiger partial charge is 0.260 e. The van der Waals surface area contributed by atoms with E-state index < -0.39 is 0 Å². The number of hydrogen-bond donors (Lipinski definition) is 1. The van der Waals surface area contributed by atoms with E-state index >= 15 is 0 Å². The molecule has 0 aromatic heterocycles. The second kappa shape index (κ2) is 6.61. The number of aliphatic hydroxyl groups excluding tert-OH is 1. The van der Waals surface area contributed by atoms with Gasteiger partial charge in [-0.05, 0) is 50.2 Å². The average Bonchev–Trinajstić information content (AvgIpc) is 3.31. The van der Waals surface area contributed by atoms with Crippen molar-refractivity contribution in [2.45, 2.75) is 31.7 Å². The van der Waals surface area contributed by atoms with Gasteiger partial charge in [-0.3, -0.25) is 9.69 Å². The molecule has 136 valence electrons. The van der Waals surface area contributed by atoms with Crippen LogP contribution in [0.2, 0.25) is 0 Å². The highest BCUT2D eigenvalue weighted by molar-refractivity contribution is 5.79. The van der Waals surface area contributed by atoms with Crippen molar-refractivity contribution in [2.24, 2.45) is 11.8 Å². The van der Waals surface area contributed by atoms with Crippen molar-refractivity contribution in [1.82, 2.24) is 9.80 Å². The van der Waals surface area contributed by atoms with Crippen LogP contribution in [0.3, 0.4) is 0 Å². The Morgan fingerprint density at radius 1 is 1.24 bits per heavy atom. The number of carbonyl (C=O) groups excluding carboxylic acids is 1. The molecular formula is C20H28N2O3. The van der Waals surface area contributed by atoms with Gasteiger partial charge < -0.3 is 14.7 Å². The summed E-state index contributed by atoms with van der Waals surface area (Å²) in [5.74, 6) is 2.00. The lowest BCUT2D eigenvalue weighted by Crippen LogP contribution is -2.69. The minimum absolute atomic E-state index is 0.0602. The summed E-state index contributed by atoms with van der Waals surface area (Å²) >= 11 is 0. The summed E-state index contributed by atoms with van der Waals surface area (Å²) in [7, 11) is 0. The molecule has 3 fully saturated rings. The largest absolute Gasteiger partial charge is 0.484 e. The molecule has 5 heteroatoms. The number of amides is 1. The molecule has 2 saturated heterocycles. The molecule has 25 heavy (non-hydrogen) atoms. The number of likely N-dealkylation sites (tertiary alicyclic amines) is 2. The van der Waals surface area contributed by atoms with E-state index in [0.29, 0.717) is 5.92 Å². The number of rotatable bonds is 6. The van der Waals surface area contributed by atoms with Gasteiger partial charge in [-0.2, -0.15) is 0 Å². The van der Waals surface area contributed by atoms with Gasteiger partial charge in [0.2, 0.25) is 0 Å². The molecule has 2 aliphatic heterocycles. The van der Waals surface area contributed by atoms with Gasteiger partial charge in [-0.25, -0.2) is 0 Å². The third-order valence-electron chi connectivity index (χ3n) is 5.96. The van der Waals surface area contributed by atoms with Crippen LogP contribution < -0.4 is 4.74 Å². The first-order valence-electron chi connectivity index (χ1n) is 9.41. The molecular weight excluding hydrogens is 316 g/mol. The minimum atomic E-state index is 0.0602. The summed E-state index contributed by atoms with van der Waals surface area (Å²) in [5, 5.41) is 9.56. The molecule has 1 aliphatic carbocycles. The molecule has 0 unspecified atom stereocenters. The molecule has 4 rings (SSSR count). The summed E-state index contributed by atoms with van der Waals surface area (Å²) in [6.07, 6.45) is 3.69. The summed E-state index contributed by atoms with van der Waals surface area (Å²) in [6.45, 7) is 6.08. The number of hydrogen-bond acceptors (Lipinski definition) is 4. The van der Waals surface area contributed by atoms with Gasteiger partial charge in [-0.1, -0.05) is 17.7 Å². The topological polar surface area (TPSA) is 53.0 Å². The molecule has 2 heterocycles. The summed E-state index contributed by atoms with van der Waals surface area (Å²) in [6, 6.07) is 7.78. The fraction of sp³-hybridized carbons (Fsp3) is 0.650. The monoisotopic (exact) mass is 344 g/mol. The maximum absolute atomic E-state index is 12.4. The van der Waals surface area contributed by atoms with Crippen LogP contribution in [-0.2, 0) is 4.79 Å². The van der Waals surface area contributed by atoms with Gasteiger partial charge in [0, 0.05) is 32.8 Å². The zero-order valence-corrected chi connectivity index (χ0v) is 15.0. The van der Waals surface area contributed by atoms with E-state index in [1.165, 1.54) is 18.4 Å². The highest BCUT2D eigenvalue weighted by Gasteiger charge is 2.54. The Morgan fingerprint density at radius 2 is 1.96 bits per heavy atom. The van der Waals surface area contributed by atoms with Crippen LogP contribution in [0.25, 0.3) is 0 Å². The van der Waals surface area contributed by atoms with Crippen LogP contribution in [0, 0.1) is 18.8 Å². The van der Waals surface area contributed by atoms with E-state index in [1.54, 1.807) is 0 Å². The first-order valence-corrected chi connectivity index (χ1v) is 9.41. The first-order chi connectivity index (χ1) is 12.1. The Morgan fingerprint density at radius 3 is 2.60 bits per heavy atom. The first kappa shape index (κ1) is 16.9. The summed E-state index contributed by atoms with van der Waals surface area (Å²) < 4.78 is 5.63. The number of benzene rings is 1. The van der Waals surface area contributed by atoms with Gasteiger partial charge in [0.05, 0.1) is 5.54 Å². The fourth-order valence-corrected chi connectivity index (χ4v) is 4.28. The van der Waals surface area contributed by atoms with Crippen molar-refractivity contribution < 1.29 is 14.6 Å². The molecule has 1 aromatic carbocycles. The van der Waals surface area contributed by atoms with Crippen LogP contribution in [0.15, 0.2) is 24.3 Å². The summed E-state index contributed by atoms with van der Waals surface area (Å²) in [5.41, 5.74) is 1.29. The van der Waals surface area contributed by atoms with E-state index in [0.717, 1.165) is 44.3 Å². The number of aliphatic hydroxyl groups is 1. The van der Waals surface area contributed by atoms with E-state index in [-0.39, 0.29) is 24.7 Å². The number of carbonyl (C=O) groups is 1. The van der Waals surface area contributed by atoms with Gasteiger partial charge >= 0.3 is 0 Å². The Balaban J connectivity index is 1.30. The molecule has 1 aromatic rings. The van der Waals surface area contributed by atoms with Crippen LogP contribution >= 0.6 is 0 Å². The Kier molecular flexibility index (Phi) is 4.46. The lowest BCUT2D eigenvalue weighted by molar-refractivity contribution is -0.146. The standard InChI is InChI=1S/C20H28N2O3/c1-15-2-6-18(7-3-15)25-12-19(24)21-13-20(14-21)8-17(11-23)10-22(20)9-16-4-5-16/h2-3,6-7,16-17,23H,4-5,8-14H2,1H3/t17-/m0/s1. The molecule has 1 N–H and O–H groups in total. The van der Waals surface area contributed by atoms with Crippen molar-refractivity contribution in [3.8, 4) is 5.75 Å². The van der Waals surface area contributed by atoms with E-state index in [4.69, 9.17) is 4.74 Å². The van der Waals surface area contributed by atoms with E-state index in [9.17, 15) is 9.90 Å². The summed E-state index contributed by atoms with van der Waals surface area (Å²) in [4.78, 5) is 16.9. The lowest BCUT2D eigenvalue weighted by Gasteiger charge is -2.53. The van der Waals surface area contributed by atoms with Crippen molar-refractivity contribution in [2.75, 3.05) is 39.4 Å². The predicted molar refractivity (Wildman–Crippen MR) is 95.5 cm³/mol. The fourth-order valence-electron chi connectivity index (χ4n) is 4.28. The van der Waals surface area contributed by atoms with Crippen LogP contribution in [0.1, 0.15) is 24.8 Å². The van der Waals surface area contributed by atoms with Crippen molar-refractivity contribution >= 4 is 5.91 Å². The Hall–Kier alpha value is -1.59. The minimum Gasteiger partial charge on any atom is -0.484 e. The van der Waals surface area contributed by atoms with Crippen LogP contribution in [-0.4, -0.2) is 65.7 Å². The third-order valence-corrected chi connectivity index (χ3v) is 5.96. The lowest BCUT2D eigenvalue weighted by atomic mass is 9.84. The van der Waals surface area contributed by atoms with Gasteiger partial charge in [0.15, 0.2) is 6.61 Å². The second-order valence-electron chi connectivity index (χ2n) is 8.18.